The molecule has 4 rings (SSSR count). The second kappa shape index (κ2) is 10.3. The van der Waals surface area contributed by atoms with Gasteiger partial charge in [0.15, 0.2) is 0 Å². The van der Waals surface area contributed by atoms with Crippen LogP contribution in [0.5, 0.6) is 5.75 Å². The summed E-state index contributed by atoms with van der Waals surface area (Å²) in [7, 11) is 1.57. The smallest absolute Gasteiger partial charge is 0.259 e. The van der Waals surface area contributed by atoms with Crippen LogP contribution in [0.1, 0.15) is 31.8 Å². The molecule has 0 bridgehead atoms. The molecule has 34 heavy (non-hydrogen) atoms. The lowest BCUT2D eigenvalue weighted by Gasteiger charge is -2.36. The number of amides is 2. The maximum absolute atomic E-state index is 12.9. The molecule has 1 N–H and O–H groups in total. The molecule has 0 spiro atoms. The van der Waals surface area contributed by atoms with E-state index in [1.54, 1.807) is 13.2 Å². The van der Waals surface area contributed by atoms with Gasteiger partial charge in [0.1, 0.15) is 5.75 Å². The van der Waals surface area contributed by atoms with Gasteiger partial charge in [-0.25, -0.2) is 0 Å². The highest BCUT2D eigenvalue weighted by molar-refractivity contribution is 9.10. The summed E-state index contributed by atoms with van der Waals surface area (Å²) in [6.45, 7) is 6.79. The number of nitrogens with zero attached hydrogens (tertiary/aromatic N) is 2. The van der Waals surface area contributed by atoms with Crippen molar-refractivity contribution < 1.29 is 14.3 Å². The molecule has 0 aliphatic carbocycles. The highest BCUT2D eigenvalue weighted by Gasteiger charge is 2.22. The number of anilines is 2. The van der Waals surface area contributed by atoms with Gasteiger partial charge in [0.25, 0.3) is 11.8 Å². The summed E-state index contributed by atoms with van der Waals surface area (Å²) < 4.78 is 6.26. The first-order valence-electron chi connectivity index (χ1n) is 11.2. The molecular weight excluding hydrogens is 494 g/mol. The number of nitrogens with one attached hydrogen (secondary N) is 1. The van der Waals surface area contributed by atoms with Crippen molar-refractivity contribution in [3.8, 4) is 5.75 Å². The van der Waals surface area contributed by atoms with Crippen LogP contribution in [0.2, 0.25) is 0 Å². The van der Waals surface area contributed by atoms with Crippen LogP contribution in [-0.2, 0) is 0 Å². The summed E-state index contributed by atoms with van der Waals surface area (Å²) >= 11 is 3.45. The Balaban J connectivity index is 1.37. The van der Waals surface area contributed by atoms with Crippen LogP contribution in [0.3, 0.4) is 0 Å². The molecule has 2 amide bonds. The van der Waals surface area contributed by atoms with Crippen molar-refractivity contribution >= 4 is 39.1 Å². The van der Waals surface area contributed by atoms with Gasteiger partial charge in [0.05, 0.1) is 12.7 Å². The van der Waals surface area contributed by atoms with Gasteiger partial charge in [0.2, 0.25) is 0 Å². The lowest BCUT2D eigenvalue weighted by atomic mass is 10.1. The maximum Gasteiger partial charge on any atom is 0.259 e. The molecule has 1 aliphatic heterocycles. The highest BCUT2D eigenvalue weighted by Crippen LogP contribution is 2.29. The average Bonchev–Trinajstić information content (AvgIpc) is 2.84. The van der Waals surface area contributed by atoms with Crippen LogP contribution >= 0.6 is 15.9 Å². The number of carbonyl (C=O) groups is 2. The monoisotopic (exact) mass is 521 g/mol. The Bertz CT molecular complexity index is 1180. The van der Waals surface area contributed by atoms with Gasteiger partial charge in [-0.1, -0.05) is 33.6 Å². The Morgan fingerprint density at radius 1 is 0.912 bits per heavy atom. The minimum Gasteiger partial charge on any atom is -0.496 e. The summed E-state index contributed by atoms with van der Waals surface area (Å²) in [5, 5.41) is 2.95. The minimum atomic E-state index is -0.225. The summed E-state index contributed by atoms with van der Waals surface area (Å²) in [6.07, 6.45) is 0. The molecule has 1 heterocycles. The molecule has 1 aliphatic rings. The second-order valence-corrected chi connectivity index (χ2v) is 9.37. The molecule has 0 unspecified atom stereocenters. The predicted molar refractivity (Wildman–Crippen MR) is 139 cm³/mol. The van der Waals surface area contributed by atoms with Crippen LogP contribution in [0.25, 0.3) is 0 Å². The predicted octanol–water partition coefficient (Wildman–Crippen LogP) is 5.29. The van der Waals surface area contributed by atoms with E-state index in [-0.39, 0.29) is 11.8 Å². The third kappa shape index (κ3) is 5.25. The number of benzene rings is 3. The van der Waals surface area contributed by atoms with E-state index < -0.39 is 0 Å². The number of hydrogen-bond acceptors (Lipinski definition) is 4. The summed E-state index contributed by atoms with van der Waals surface area (Å²) in [6, 6.07) is 19.2. The Kier molecular flexibility index (Phi) is 7.22. The number of rotatable bonds is 5. The molecule has 1 fully saturated rings. The SMILES string of the molecule is COc1c(C)cc(Br)cc1C(=O)Nc1ccc(N2CCN(C(=O)c3ccc(C)cc3)CC2)cc1. The van der Waals surface area contributed by atoms with Crippen molar-refractivity contribution in [1.82, 2.24) is 4.90 Å². The zero-order chi connectivity index (χ0) is 24.2. The van der Waals surface area contributed by atoms with Gasteiger partial charge < -0.3 is 19.9 Å². The zero-order valence-corrected chi connectivity index (χ0v) is 21.2. The Hall–Kier alpha value is -3.32. The van der Waals surface area contributed by atoms with E-state index in [0.717, 1.165) is 39.9 Å². The van der Waals surface area contributed by atoms with Crippen LogP contribution < -0.4 is 15.0 Å². The largest absolute Gasteiger partial charge is 0.496 e. The van der Waals surface area contributed by atoms with E-state index >= 15 is 0 Å². The first kappa shape index (κ1) is 23.8. The van der Waals surface area contributed by atoms with Crippen molar-refractivity contribution in [2.75, 3.05) is 43.5 Å². The molecule has 3 aromatic carbocycles. The van der Waals surface area contributed by atoms with E-state index in [1.807, 2.05) is 73.3 Å². The second-order valence-electron chi connectivity index (χ2n) is 8.45. The average molecular weight is 522 g/mol. The van der Waals surface area contributed by atoms with Gasteiger partial charge in [-0.3, -0.25) is 9.59 Å². The van der Waals surface area contributed by atoms with E-state index in [1.165, 1.54) is 0 Å². The number of piperazine rings is 1. The molecule has 176 valence electrons. The maximum atomic E-state index is 12.9. The van der Waals surface area contributed by atoms with Gasteiger partial charge >= 0.3 is 0 Å². The molecule has 0 aromatic heterocycles. The molecule has 1 saturated heterocycles. The number of methoxy groups -OCH3 is 1. The zero-order valence-electron chi connectivity index (χ0n) is 19.6. The molecular formula is C27H28BrN3O3. The molecule has 0 radical (unpaired) electrons. The van der Waals surface area contributed by atoms with E-state index in [0.29, 0.717) is 30.1 Å². The number of hydrogen-bond donors (Lipinski definition) is 1. The Morgan fingerprint density at radius 3 is 2.18 bits per heavy atom. The van der Waals surface area contributed by atoms with Gasteiger partial charge in [-0.15, -0.1) is 0 Å². The van der Waals surface area contributed by atoms with Crippen LogP contribution in [0.4, 0.5) is 11.4 Å². The first-order valence-corrected chi connectivity index (χ1v) is 12.0. The molecule has 3 aromatic rings. The fourth-order valence-electron chi connectivity index (χ4n) is 4.17. The van der Waals surface area contributed by atoms with E-state index in [9.17, 15) is 9.59 Å². The van der Waals surface area contributed by atoms with E-state index in [4.69, 9.17) is 4.74 Å². The molecule has 6 nitrogen and oxygen atoms in total. The highest BCUT2D eigenvalue weighted by atomic mass is 79.9. The van der Waals surface area contributed by atoms with Gasteiger partial charge in [-0.2, -0.15) is 0 Å². The molecule has 7 heteroatoms. The quantitative estimate of drug-likeness (QED) is 0.495. The van der Waals surface area contributed by atoms with Crippen molar-refractivity contribution in [2.45, 2.75) is 13.8 Å². The topological polar surface area (TPSA) is 61.9 Å². The van der Waals surface area contributed by atoms with Gasteiger partial charge in [-0.05, 0) is 67.9 Å². The Morgan fingerprint density at radius 2 is 1.56 bits per heavy atom. The standard InChI is InChI=1S/C27H28BrN3O3/c1-18-4-6-20(7-5-18)27(33)31-14-12-30(13-15-31)23-10-8-22(9-11-23)29-26(32)24-17-21(28)16-19(2)25(24)34-3/h4-11,16-17H,12-15H2,1-3H3,(H,29,32). The van der Waals surface area contributed by atoms with Crippen LogP contribution in [0.15, 0.2) is 65.1 Å². The van der Waals surface area contributed by atoms with Crippen LogP contribution in [-0.4, -0.2) is 50.0 Å². The number of carbonyl (C=O) groups excluding carboxylic acids is 2. The van der Waals surface area contributed by atoms with Crippen LogP contribution in [0, 0.1) is 13.8 Å². The Labute approximate surface area is 208 Å². The summed E-state index contributed by atoms with van der Waals surface area (Å²) in [4.78, 5) is 29.8. The number of ether oxygens (including phenoxy) is 1. The third-order valence-corrected chi connectivity index (χ3v) is 6.50. The number of aryl methyl sites for hydroxylation is 2. The number of halogens is 1. The molecule has 0 atom stereocenters. The van der Waals surface area contributed by atoms with E-state index in [2.05, 4.69) is 26.1 Å². The lowest BCUT2D eigenvalue weighted by molar-refractivity contribution is 0.0746. The van der Waals surface area contributed by atoms with Gasteiger partial charge in [0, 0.05) is 47.6 Å². The van der Waals surface area contributed by atoms with Crippen molar-refractivity contribution in [2.24, 2.45) is 0 Å². The van der Waals surface area contributed by atoms with Crippen molar-refractivity contribution in [3.05, 3.63) is 87.4 Å². The lowest BCUT2D eigenvalue weighted by Crippen LogP contribution is -2.48. The van der Waals surface area contributed by atoms with Crippen molar-refractivity contribution in [1.29, 1.82) is 0 Å². The minimum absolute atomic E-state index is 0.0796. The summed E-state index contributed by atoms with van der Waals surface area (Å²) in [5.41, 5.74) is 5.02. The third-order valence-electron chi connectivity index (χ3n) is 6.04. The fourth-order valence-corrected chi connectivity index (χ4v) is 4.74. The fraction of sp³-hybridized carbons (Fsp3) is 0.259. The first-order chi connectivity index (χ1) is 16.4. The normalized spacial score (nSPS) is 13.5. The molecule has 0 saturated carbocycles. The van der Waals surface area contributed by atoms with Crippen molar-refractivity contribution in [3.63, 3.8) is 0 Å². The summed E-state index contributed by atoms with van der Waals surface area (Å²) in [5.74, 6) is 0.420.